The van der Waals surface area contributed by atoms with Gasteiger partial charge in [-0.25, -0.2) is 0 Å². The number of hydrogen-bond donors (Lipinski definition) is 0. The maximum atomic E-state index is 12.7. The van der Waals surface area contributed by atoms with Crippen molar-refractivity contribution in [2.24, 2.45) is 0 Å². The second kappa shape index (κ2) is 4.91. The van der Waals surface area contributed by atoms with Gasteiger partial charge in [-0.3, -0.25) is 29.0 Å². The lowest BCUT2D eigenvalue weighted by Crippen LogP contribution is -2.50. The highest BCUT2D eigenvalue weighted by molar-refractivity contribution is 6.22. The summed E-state index contributed by atoms with van der Waals surface area (Å²) in [6.45, 7) is -0.122. The third-order valence-electron chi connectivity index (χ3n) is 4.55. The Hall–Kier alpha value is -2.70. The van der Waals surface area contributed by atoms with Gasteiger partial charge in [-0.05, 0) is 25.0 Å². The number of hydrogen-bond acceptors (Lipinski definition) is 5. The molecule has 7 nitrogen and oxygen atoms in total. The summed E-state index contributed by atoms with van der Waals surface area (Å²) in [6.07, 6.45) is 0.930. The van der Waals surface area contributed by atoms with E-state index in [0.717, 1.165) is 4.90 Å². The SMILES string of the molecule is O=C1CN2C(=O)[C@@H](N3C(=O)c4ccccc4C3=O)CCC[C@@H]2O1. The van der Waals surface area contributed by atoms with Crippen LogP contribution in [-0.2, 0) is 14.3 Å². The lowest BCUT2D eigenvalue weighted by atomic mass is 10.1. The molecule has 4 rings (SSSR count). The van der Waals surface area contributed by atoms with Crippen LogP contribution >= 0.6 is 0 Å². The van der Waals surface area contributed by atoms with E-state index in [1.165, 1.54) is 4.90 Å². The Morgan fingerprint density at radius 1 is 0.957 bits per heavy atom. The molecule has 0 bridgehead atoms. The summed E-state index contributed by atoms with van der Waals surface area (Å²) in [6, 6.07) is 5.67. The molecule has 0 unspecified atom stereocenters. The van der Waals surface area contributed by atoms with E-state index in [1.54, 1.807) is 24.3 Å². The first-order valence-electron chi connectivity index (χ1n) is 7.55. The van der Waals surface area contributed by atoms with E-state index in [0.29, 0.717) is 30.4 Å². The predicted octanol–water partition coefficient (Wildman–Crippen LogP) is 0.547. The first kappa shape index (κ1) is 13.9. The monoisotopic (exact) mass is 314 g/mol. The molecule has 0 radical (unpaired) electrons. The maximum absolute atomic E-state index is 12.7. The van der Waals surface area contributed by atoms with Crippen molar-refractivity contribution >= 4 is 23.7 Å². The van der Waals surface area contributed by atoms with Gasteiger partial charge in [-0.2, -0.15) is 0 Å². The van der Waals surface area contributed by atoms with Crippen LogP contribution in [0.1, 0.15) is 40.0 Å². The zero-order chi connectivity index (χ0) is 16.1. The third kappa shape index (κ3) is 1.96. The van der Waals surface area contributed by atoms with Crippen molar-refractivity contribution in [2.75, 3.05) is 6.54 Å². The number of amides is 3. The molecule has 0 aliphatic carbocycles. The van der Waals surface area contributed by atoms with Crippen LogP contribution < -0.4 is 0 Å². The lowest BCUT2D eigenvalue weighted by molar-refractivity contribution is -0.143. The summed E-state index contributed by atoms with van der Waals surface area (Å²) in [4.78, 5) is 51.7. The van der Waals surface area contributed by atoms with E-state index in [9.17, 15) is 19.2 Å². The molecule has 2 fully saturated rings. The maximum Gasteiger partial charge on any atom is 0.327 e. The number of benzene rings is 1. The van der Waals surface area contributed by atoms with Gasteiger partial charge in [0.2, 0.25) is 5.91 Å². The van der Waals surface area contributed by atoms with Crippen LogP contribution in [0, 0.1) is 0 Å². The fraction of sp³-hybridized carbons (Fsp3) is 0.375. The minimum absolute atomic E-state index is 0.122. The molecule has 2 atom stereocenters. The van der Waals surface area contributed by atoms with E-state index in [2.05, 4.69) is 0 Å². The summed E-state index contributed by atoms with van der Waals surface area (Å²) < 4.78 is 5.12. The minimum atomic E-state index is -0.873. The van der Waals surface area contributed by atoms with Gasteiger partial charge < -0.3 is 4.74 Å². The van der Waals surface area contributed by atoms with Gasteiger partial charge >= 0.3 is 5.97 Å². The van der Waals surface area contributed by atoms with Crippen LogP contribution in [0.2, 0.25) is 0 Å². The van der Waals surface area contributed by atoms with Crippen molar-refractivity contribution in [3.05, 3.63) is 35.4 Å². The van der Waals surface area contributed by atoms with Crippen LogP contribution in [0.25, 0.3) is 0 Å². The van der Waals surface area contributed by atoms with Crippen LogP contribution in [0.5, 0.6) is 0 Å². The highest BCUT2D eigenvalue weighted by Crippen LogP contribution is 2.31. The average molecular weight is 314 g/mol. The molecule has 1 aromatic carbocycles. The third-order valence-corrected chi connectivity index (χ3v) is 4.55. The predicted molar refractivity (Wildman–Crippen MR) is 76.2 cm³/mol. The molecule has 3 aliphatic heterocycles. The number of esters is 1. The van der Waals surface area contributed by atoms with Crippen LogP contribution in [0.15, 0.2) is 24.3 Å². The van der Waals surface area contributed by atoms with E-state index >= 15 is 0 Å². The van der Waals surface area contributed by atoms with Gasteiger partial charge in [0.05, 0.1) is 11.1 Å². The number of carbonyl (C=O) groups excluding carboxylic acids is 4. The Morgan fingerprint density at radius 3 is 2.26 bits per heavy atom. The van der Waals surface area contributed by atoms with Gasteiger partial charge in [0.15, 0.2) is 6.23 Å². The summed E-state index contributed by atoms with van der Waals surface area (Å²) in [5, 5.41) is 0. The Kier molecular flexibility index (Phi) is 2.97. The summed E-state index contributed by atoms with van der Waals surface area (Å²) >= 11 is 0. The molecule has 3 heterocycles. The number of carbonyl (C=O) groups is 4. The van der Waals surface area contributed by atoms with Crippen molar-refractivity contribution in [3.63, 3.8) is 0 Å². The first-order chi connectivity index (χ1) is 11.1. The highest BCUT2D eigenvalue weighted by Gasteiger charge is 2.48. The van der Waals surface area contributed by atoms with E-state index in [1.807, 2.05) is 0 Å². The number of imide groups is 1. The number of fused-ring (bicyclic) bond motifs is 2. The highest BCUT2D eigenvalue weighted by atomic mass is 16.6. The van der Waals surface area contributed by atoms with Crippen LogP contribution in [-0.4, -0.2) is 52.3 Å². The lowest BCUT2D eigenvalue weighted by Gasteiger charge is -2.27. The van der Waals surface area contributed by atoms with Gasteiger partial charge in [-0.1, -0.05) is 12.1 Å². The van der Waals surface area contributed by atoms with Crippen LogP contribution in [0.3, 0.4) is 0 Å². The molecule has 7 heteroatoms. The normalized spacial score (nSPS) is 27.0. The molecule has 3 amide bonds. The van der Waals surface area contributed by atoms with Crippen molar-refractivity contribution in [1.29, 1.82) is 0 Å². The average Bonchev–Trinajstić information content (AvgIpc) is 2.99. The second-order valence-corrected chi connectivity index (χ2v) is 5.88. The molecular weight excluding hydrogens is 300 g/mol. The topological polar surface area (TPSA) is 84.0 Å². The van der Waals surface area contributed by atoms with Gasteiger partial charge in [0.25, 0.3) is 11.8 Å². The van der Waals surface area contributed by atoms with Crippen molar-refractivity contribution in [3.8, 4) is 0 Å². The van der Waals surface area contributed by atoms with E-state index in [4.69, 9.17) is 4.74 Å². The van der Waals surface area contributed by atoms with Gasteiger partial charge in [0.1, 0.15) is 12.6 Å². The number of nitrogens with zero attached hydrogens (tertiary/aromatic N) is 2. The molecule has 1 aromatic rings. The summed E-state index contributed by atoms with van der Waals surface area (Å²) in [5.74, 6) is -1.75. The molecule has 0 saturated carbocycles. The zero-order valence-electron chi connectivity index (χ0n) is 12.2. The molecule has 3 aliphatic rings. The first-order valence-corrected chi connectivity index (χ1v) is 7.55. The van der Waals surface area contributed by atoms with Crippen molar-refractivity contribution < 1.29 is 23.9 Å². The van der Waals surface area contributed by atoms with E-state index < -0.39 is 36.0 Å². The van der Waals surface area contributed by atoms with Crippen LogP contribution in [0.4, 0.5) is 0 Å². The largest absolute Gasteiger partial charge is 0.440 e. The molecule has 2 saturated heterocycles. The van der Waals surface area contributed by atoms with Gasteiger partial charge in [0, 0.05) is 6.42 Å². The molecule has 118 valence electrons. The fourth-order valence-electron chi connectivity index (χ4n) is 3.46. The quantitative estimate of drug-likeness (QED) is 0.558. The Bertz CT molecular complexity index is 709. The minimum Gasteiger partial charge on any atom is -0.440 e. The smallest absolute Gasteiger partial charge is 0.327 e. The molecule has 0 aromatic heterocycles. The number of rotatable bonds is 1. The Balaban J connectivity index is 1.68. The summed E-state index contributed by atoms with van der Waals surface area (Å²) in [5.41, 5.74) is 0.639. The zero-order valence-corrected chi connectivity index (χ0v) is 12.2. The Labute approximate surface area is 131 Å². The standard InChI is InChI=1S/C16H14N2O5/c19-13-8-17-12(23-13)7-3-6-11(16(17)22)18-14(20)9-4-1-2-5-10(9)15(18)21/h1-2,4-5,11-12H,3,6-8H2/t11-,12-/m0/s1. The molecule has 23 heavy (non-hydrogen) atoms. The van der Waals surface area contributed by atoms with Gasteiger partial charge in [-0.15, -0.1) is 0 Å². The molecule has 0 N–H and O–H groups in total. The van der Waals surface area contributed by atoms with E-state index in [-0.39, 0.29) is 6.54 Å². The fourth-order valence-corrected chi connectivity index (χ4v) is 3.46. The van der Waals surface area contributed by atoms with Crippen molar-refractivity contribution in [2.45, 2.75) is 31.5 Å². The molecule has 0 spiro atoms. The second-order valence-electron chi connectivity index (χ2n) is 5.88. The molecular formula is C16H14N2O5. The number of ether oxygens (including phenoxy) is 1. The Morgan fingerprint density at radius 2 is 1.61 bits per heavy atom. The van der Waals surface area contributed by atoms with Crippen molar-refractivity contribution in [1.82, 2.24) is 9.80 Å². The summed E-state index contributed by atoms with van der Waals surface area (Å²) in [7, 11) is 0.